The number of nitro benzene ring substituents is 1. The highest BCUT2D eigenvalue weighted by Crippen LogP contribution is 2.39. The summed E-state index contributed by atoms with van der Waals surface area (Å²) in [7, 11) is 0. The molecule has 0 aliphatic carbocycles. The summed E-state index contributed by atoms with van der Waals surface area (Å²) in [5.74, 6) is -0.399. The molecule has 2 aromatic rings. The van der Waals surface area contributed by atoms with Crippen molar-refractivity contribution in [3.63, 3.8) is 0 Å². The highest BCUT2D eigenvalue weighted by atomic mass is 35.5. The fourth-order valence-electron chi connectivity index (χ4n) is 2.08. The molecule has 0 atom stereocenters. The van der Waals surface area contributed by atoms with Crippen LogP contribution in [0, 0.1) is 10.1 Å². The van der Waals surface area contributed by atoms with Crippen LogP contribution in [0.5, 0.6) is 0 Å². The van der Waals surface area contributed by atoms with Crippen LogP contribution in [-0.4, -0.2) is 16.7 Å². The van der Waals surface area contributed by atoms with E-state index in [-0.39, 0.29) is 30.3 Å². The van der Waals surface area contributed by atoms with Gasteiger partial charge in [-0.3, -0.25) is 19.7 Å². The van der Waals surface area contributed by atoms with Crippen LogP contribution in [0.2, 0.25) is 5.02 Å². The molecule has 0 saturated carbocycles. The molecular weight excluding hydrogens is 390 g/mol. The van der Waals surface area contributed by atoms with Crippen molar-refractivity contribution in [2.45, 2.75) is 36.5 Å². The molecule has 0 aliphatic rings. The monoisotopic (exact) mass is 407 g/mol. The minimum atomic E-state index is -0.467. The van der Waals surface area contributed by atoms with E-state index in [1.54, 1.807) is 38.1 Å². The molecule has 0 saturated heterocycles. The Morgan fingerprint density at radius 1 is 1.04 bits per heavy atom. The first-order valence-electron chi connectivity index (χ1n) is 8.19. The first kappa shape index (κ1) is 20.7. The van der Waals surface area contributed by atoms with E-state index in [4.69, 9.17) is 11.6 Å². The van der Waals surface area contributed by atoms with Gasteiger partial charge in [-0.15, -0.1) is 0 Å². The SMILES string of the molecule is CCC(=O)Nc1cc(Cl)c(Sc2ccc([N+](=O)[O-])cc2)cc1NC(=O)CC. The number of amides is 2. The van der Waals surface area contributed by atoms with Crippen LogP contribution in [-0.2, 0) is 9.59 Å². The van der Waals surface area contributed by atoms with Gasteiger partial charge in [-0.25, -0.2) is 0 Å². The number of halogens is 1. The summed E-state index contributed by atoms with van der Waals surface area (Å²) in [5.41, 5.74) is 0.859. The zero-order valence-corrected chi connectivity index (χ0v) is 16.3. The number of nitrogens with zero attached hydrogens (tertiary/aromatic N) is 1. The topological polar surface area (TPSA) is 101 Å². The maximum atomic E-state index is 11.8. The number of hydrogen-bond donors (Lipinski definition) is 2. The van der Waals surface area contributed by atoms with E-state index in [0.717, 1.165) is 4.90 Å². The molecule has 2 rings (SSSR count). The average molecular weight is 408 g/mol. The predicted molar refractivity (Wildman–Crippen MR) is 107 cm³/mol. The van der Waals surface area contributed by atoms with Gasteiger partial charge < -0.3 is 10.6 Å². The van der Waals surface area contributed by atoms with Gasteiger partial charge in [-0.05, 0) is 24.3 Å². The van der Waals surface area contributed by atoms with Crippen molar-refractivity contribution in [2.24, 2.45) is 0 Å². The summed E-state index contributed by atoms with van der Waals surface area (Å²) < 4.78 is 0. The third kappa shape index (κ3) is 5.70. The Morgan fingerprint density at radius 3 is 2.04 bits per heavy atom. The van der Waals surface area contributed by atoms with Crippen molar-refractivity contribution < 1.29 is 14.5 Å². The van der Waals surface area contributed by atoms with Gasteiger partial charge in [0.1, 0.15) is 0 Å². The number of nitro groups is 1. The molecule has 0 aromatic heterocycles. The van der Waals surface area contributed by atoms with Crippen molar-refractivity contribution in [3.05, 3.63) is 51.5 Å². The van der Waals surface area contributed by atoms with Crippen LogP contribution in [0.4, 0.5) is 17.1 Å². The molecule has 2 aromatic carbocycles. The lowest BCUT2D eigenvalue weighted by Crippen LogP contribution is -2.15. The zero-order valence-electron chi connectivity index (χ0n) is 14.7. The summed E-state index contributed by atoms with van der Waals surface area (Å²) in [4.78, 5) is 35.2. The number of carbonyl (C=O) groups is 2. The Balaban J connectivity index is 2.35. The van der Waals surface area contributed by atoms with Crippen molar-refractivity contribution in [1.82, 2.24) is 0 Å². The molecule has 0 spiro atoms. The van der Waals surface area contributed by atoms with Gasteiger partial charge in [0.05, 0.1) is 21.3 Å². The minimum Gasteiger partial charge on any atom is -0.324 e. The third-order valence-corrected chi connectivity index (χ3v) is 5.03. The summed E-state index contributed by atoms with van der Waals surface area (Å²) in [6.45, 7) is 3.45. The maximum absolute atomic E-state index is 11.8. The first-order valence-corrected chi connectivity index (χ1v) is 9.39. The fraction of sp³-hybridized carbons (Fsp3) is 0.222. The van der Waals surface area contributed by atoms with E-state index in [2.05, 4.69) is 10.6 Å². The normalized spacial score (nSPS) is 10.3. The molecule has 0 aliphatic heterocycles. The van der Waals surface area contributed by atoms with Crippen LogP contribution in [0.15, 0.2) is 46.2 Å². The maximum Gasteiger partial charge on any atom is 0.269 e. The molecule has 2 N–H and O–H groups in total. The standard InChI is InChI=1S/C18H18ClN3O4S/c1-3-17(23)20-14-9-13(19)16(10-15(14)21-18(24)4-2)27-12-7-5-11(6-8-12)22(25)26/h5-10H,3-4H2,1-2H3,(H,20,23)(H,21,24). The van der Waals surface area contributed by atoms with Gasteiger partial charge in [0, 0.05) is 34.8 Å². The summed E-state index contributed by atoms with van der Waals surface area (Å²) in [5, 5.41) is 16.6. The lowest BCUT2D eigenvalue weighted by Gasteiger charge is -2.15. The smallest absolute Gasteiger partial charge is 0.269 e. The van der Waals surface area contributed by atoms with Crippen LogP contribution in [0.1, 0.15) is 26.7 Å². The Morgan fingerprint density at radius 2 is 1.56 bits per heavy atom. The van der Waals surface area contributed by atoms with E-state index < -0.39 is 4.92 Å². The molecule has 142 valence electrons. The summed E-state index contributed by atoms with van der Waals surface area (Å²) >= 11 is 7.64. The summed E-state index contributed by atoms with van der Waals surface area (Å²) in [6, 6.07) is 9.31. The first-order chi connectivity index (χ1) is 12.8. The second-order valence-corrected chi connectivity index (χ2v) is 7.01. The van der Waals surface area contributed by atoms with E-state index in [1.807, 2.05) is 0 Å². The van der Waals surface area contributed by atoms with Crippen LogP contribution < -0.4 is 10.6 Å². The van der Waals surface area contributed by atoms with Gasteiger partial charge in [0.2, 0.25) is 11.8 Å². The van der Waals surface area contributed by atoms with E-state index in [9.17, 15) is 19.7 Å². The Hall–Kier alpha value is -2.58. The number of hydrogen-bond acceptors (Lipinski definition) is 5. The Kier molecular flexibility index (Phi) is 7.20. The number of nitrogens with one attached hydrogen (secondary N) is 2. The zero-order chi connectivity index (χ0) is 20.0. The molecule has 7 nitrogen and oxygen atoms in total. The van der Waals surface area contributed by atoms with Crippen molar-refractivity contribution >= 4 is 52.2 Å². The Bertz CT molecular complexity index is 872. The molecule has 0 fully saturated rings. The molecule has 9 heteroatoms. The van der Waals surface area contributed by atoms with Gasteiger partial charge in [0.25, 0.3) is 5.69 Å². The van der Waals surface area contributed by atoms with Crippen LogP contribution in [0.25, 0.3) is 0 Å². The molecule has 27 heavy (non-hydrogen) atoms. The number of anilines is 2. The fourth-order valence-corrected chi connectivity index (χ4v) is 3.22. The molecule has 0 bridgehead atoms. The van der Waals surface area contributed by atoms with E-state index in [1.165, 1.54) is 23.9 Å². The van der Waals surface area contributed by atoms with Crippen LogP contribution in [0.3, 0.4) is 0 Å². The van der Waals surface area contributed by atoms with Gasteiger partial charge in [-0.1, -0.05) is 37.2 Å². The van der Waals surface area contributed by atoms with Crippen molar-refractivity contribution in [1.29, 1.82) is 0 Å². The Labute approximate surface area is 165 Å². The highest BCUT2D eigenvalue weighted by Gasteiger charge is 2.14. The highest BCUT2D eigenvalue weighted by molar-refractivity contribution is 7.99. The molecule has 0 heterocycles. The van der Waals surface area contributed by atoms with Gasteiger partial charge in [0.15, 0.2) is 0 Å². The molecule has 2 amide bonds. The number of carbonyl (C=O) groups excluding carboxylic acids is 2. The van der Waals surface area contributed by atoms with Crippen LogP contribution >= 0.6 is 23.4 Å². The van der Waals surface area contributed by atoms with Crippen molar-refractivity contribution in [3.8, 4) is 0 Å². The minimum absolute atomic E-state index is 0.000953. The number of non-ortho nitro benzene ring substituents is 1. The number of benzene rings is 2. The summed E-state index contributed by atoms with van der Waals surface area (Å²) in [6.07, 6.45) is 0.576. The van der Waals surface area contributed by atoms with E-state index >= 15 is 0 Å². The average Bonchev–Trinajstić information content (AvgIpc) is 2.65. The predicted octanol–water partition coefficient (Wildman–Crippen LogP) is 5.10. The van der Waals surface area contributed by atoms with Gasteiger partial charge >= 0.3 is 0 Å². The third-order valence-electron chi connectivity index (χ3n) is 3.54. The largest absolute Gasteiger partial charge is 0.324 e. The lowest BCUT2D eigenvalue weighted by atomic mass is 10.2. The number of rotatable bonds is 7. The second-order valence-electron chi connectivity index (χ2n) is 5.48. The lowest BCUT2D eigenvalue weighted by molar-refractivity contribution is -0.384. The second kappa shape index (κ2) is 9.38. The van der Waals surface area contributed by atoms with Crippen molar-refractivity contribution in [2.75, 3.05) is 10.6 Å². The quantitative estimate of drug-likeness (QED) is 0.491. The molecule has 0 radical (unpaired) electrons. The van der Waals surface area contributed by atoms with E-state index in [0.29, 0.717) is 21.3 Å². The molecule has 0 unspecified atom stereocenters. The molecular formula is C18H18ClN3O4S. The van der Waals surface area contributed by atoms with Gasteiger partial charge in [-0.2, -0.15) is 0 Å².